The van der Waals surface area contributed by atoms with Crippen molar-refractivity contribution < 1.29 is 23.9 Å². The van der Waals surface area contributed by atoms with Crippen LogP contribution in [0.4, 0.5) is 0 Å². The molecule has 0 saturated heterocycles. The fraction of sp³-hybridized carbons (Fsp3) is 0.562. The third-order valence-electron chi connectivity index (χ3n) is 4.96. The number of carbonyl (C=O) groups excluding carboxylic acids is 3. The average molecular weight is 322 g/mol. The molecule has 0 radical (unpaired) electrons. The van der Waals surface area contributed by atoms with E-state index >= 15 is 0 Å². The van der Waals surface area contributed by atoms with Gasteiger partial charge in [-0.05, 0) is 30.7 Å². The van der Waals surface area contributed by atoms with Gasteiger partial charge in [-0.3, -0.25) is 14.4 Å². The van der Waals surface area contributed by atoms with Crippen molar-refractivity contribution in [1.29, 1.82) is 0 Å². The van der Waals surface area contributed by atoms with E-state index in [1.54, 1.807) is 11.3 Å². The zero-order valence-electron chi connectivity index (χ0n) is 12.6. The lowest BCUT2D eigenvalue weighted by atomic mass is 9.75. The van der Waals surface area contributed by atoms with E-state index in [0.717, 1.165) is 16.9 Å². The molecular weight excluding hydrogens is 304 g/mol. The van der Waals surface area contributed by atoms with Gasteiger partial charge in [-0.2, -0.15) is 0 Å². The minimum atomic E-state index is -1.35. The Balaban J connectivity index is 2.01. The molecule has 0 N–H and O–H groups in total. The Bertz CT molecular complexity index is 616. The van der Waals surface area contributed by atoms with E-state index in [1.165, 1.54) is 14.2 Å². The lowest BCUT2D eigenvalue weighted by Crippen LogP contribution is -2.43. The van der Waals surface area contributed by atoms with Gasteiger partial charge in [0.05, 0.1) is 14.2 Å². The first-order valence-corrected chi connectivity index (χ1v) is 8.21. The second kappa shape index (κ2) is 5.50. The van der Waals surface area contributed by atoms with Crippen molar-refractivity contribution in [2.75, 3.05) is 14.2 Å². The summed E-state index contributed by atoms with van der Waals surface area (Å²) in [6.07, 6.45) is 2.04. The van der Waals surface area contributed by atoms with Crippen LogP contribution in [-0.4, -0.2) is 31.9 Å². The largest absolute Gasteiger partial charge is 0.468 e. The molecule has 0 aromatic carbocycles. The molecule has 0 spiro atoms. The van der Waals surface area contributed by atoms with Gasteiger partial charge in [0.1, 0.15) is 0 Å². The molecule has 6 heteroatoms. The molecule has 2 aliphatic carbocycles. The lowest BCUT2D eigenvalue weighted by Gasteiger charge is -2.28. The first-order valence-electron chi connectivity index (χ1n) is 7.33. The Morgan fingerprint density at radius 3 is 2.55 bits per heavy atom. The van der Waals surface area contributed by atoms with Gasteiger partial charge in [-0.25, -0.2) is 0 Å². The maximum absolute atomic E-state index is 12.7. The van der Waals surface area contributed by atoms with E-state index < -0.39 is 17.4 Å². The van der Waals surface area contributed by atoms with Gasteiger partial charge in [0, 0.05) is 22.3 Å². The molecule has 0 unspecified atom stereocenters. The average Bonchev–Trinajstić information content (AvgIpc) is 3.03. The number of hydrogen-bond donors (Lipinski definition) is 0. The SMILES string of the molecule is COC(=O)C1(C(=O)OC)CCC[C@@H]2c3sccc3C(=O)[C@@H]2C1. The normalized spacial score (nSPS) is 25.8. The topological polar surface area (TPSA) is 69.7 Å². The van der Waals surface area contributed by atoms with Gasteiger partial charge in [-0.15, -0.1) is 11.3 Å². The van der Waals surface area contributed by atoms with Crippen LogP contribution in [-0.2, 0) is 19.1 Å². The van der Waals surface area contributed by atoms with Crippen LogP contribution in [0.2, 0.25) is 0 Å². The first-order chi connectivity index (χ1) is 10.5. The number of methoxy groups -OCH3 is 2. The summed E-state index contributed by atoms with van der Waals surface area (Å²) in [5, 5.41) is 1.93. The van der Waals surface area contributed by atoms with Gasteiger partial charge in [0.2, 0.25) is 0 Å². The summed E-state index contributed by atoms with van der Waals surface area (Å²) in [5.41, 5.74) is -0.599. The van der Waals surface area contributed by atoms with E-state index in [1.807, 2.05) is 11.4 Å². The number of thiophene rings is 1. The monoisotopic (exact) mass is 322 g/mol. The van der Waals surface area contributed by atoms with E-state index in [2.05, 4.69) is 0 Å². The lowest BCUT2D eigenvalue weighted by molar-refractivity contribution is -0.170. The van der Waals surface area contributed by atoms with Crippen LogP contribution in [0.5, 0.6) is 0 Å². The predicted octanol–water partition coefficient (Wildman–Crippen LogP) is 2.55. The number of ether oxygens (including phenoxy) is 2. The fourth-order valence-corrected chi connectivity index (χ4v) is 4.99. The van der Waals surface area contributed by atoms with Crippen LogP contribution >= 0.6 is 11.3 Å². The molecule has 3 rings (SSSR count). The zero-order valence-corrected chi connectivity index (χ0v) is 13.4. The van der Waals surface area contributed by atoms with Gasteiger partial charge in [0.25, 0.3) is 0 Å². The highest BCUT2D eigenvalue weighted by atomic mass is 32.1. The fourth-order valence-electron chi connectivity index (χ4n) is 3.89. The van der Waals surface area contributed by atoms with Gasteiger partial charge in [0.15, 0.2) is 11.2 Å². The van der Waals surface area contributed by atoms with Crippen LogP contribution < -0.4 is 0 Å². The maximum Gasteiger partial charge on any atom is 0.323 e. The van der Waals surface area contributed by atoms with Gasteiger partial charge in [-0.1, -0.05) is 6.42 Å². The van der Waals surface area contributed by atoms with Crippen LogP contribution in [0.25, 0.3) is 0 Å². The van der Waals surface area contributed by atoms with E-state index in [-0.39, 0.29) is 24.0 Å². The molecule has 1 aromatic heterocycles. The molecule has 22 heavy (non-hydrogen) atoms. The summed E-state index contributed by atoms with van der Waals surface area (Å²) in [7, 11) is 2.53. The van der Waals surface area contributed by atoms with Gasteiger partial charge >= 0.3 is 11.9 Å². The van der Waals surface area contributed by atoms with Crippen LogP contribution in [0.1, 0.15) is 46.8 Å². The second-order valence-corrected chi connectivity index (χ2v) is 6.89. The van der Waals surface area contributed by atoms with Gasteiger partial charge < -0.3 is 9.47 Å². The molecule has 1 fully saturated rings. The van der Waals surface area contributed by atoms with Crippen molar-refractivity contribution in [2.24, 2.45) is 11.3 Å². The van der Waals surface area contributed by atoms with Crippen LogP contribution in [0.15, 0.2) is 11.4 Å². The molecule has 1 heterocycles. The highest BCUT2D eigenvalue weighted by molar-refractivity contribution is 7.10. The van der Waals surface area contributed by atoms with Crippen molar-refractivity contribution in [3.05, 3.63) is 21.9 Å². The third kappa shape index (κ3) is 2.00. The van der Waals surface area contributed by atoms with E-state index in [0.29, 0.717) is 12.8 Å². The van der Waals surface area contributed by atoms with Crippen molar-refractivity contribution in [1.82, 2.24) is 0 Å². The first kappa shape index (κ1) is 15.2. The Kier molecular flexibility index (Phi) is 3.80. The number of Topliss-reactive ketones (excluding diaryl/α,β-unsaturated/α-hetero) is 1. The summed E-state index contributed by atoms with van der Waals surface area (Å²) in [4.78, 5) is 38.4. The van der Waals surface area contributed by atoms with Crippen molar-refractivity contribution in [2.45, 2.75) is 31.6 Å². The number of carbonyl (C=O) groups is 3. The van der Waals surface area contributed by atoms with E-state index in [4.69, 9.17) is 9.47 Å². The molecule has 5 nitrogen and oxygen atoms in total. The second-order valence-electron chi connectivity index (χ2n) is 5.94. The molecule has 118 valence electrons. The third-order valence-corrected chi connectivity index (χ3v) is 6.01. The highest BCUT2D eigenvalue weighted by Gasteiger charge is 2.55. The zero-order chi connectivity index (χ0) is 15.9. The maximum atomic E-state index is 12.7. The van der Waals surface area contributed by atoms with Crippen molar-refractivity contribution >= 4 is 29.1 Å². The Morgan fingerprint density at radius 1 is 1.23 bits per heavy atom. The molecular formula is C16H18O5S. The number of ketones is 1. The smallest absolute Gasteiger partial charge is 0.323 e. The molecule has 0 amide bonds. The quantitative estimate of drug-likeness (QED) is 0.618. The highest BCUT2D eigenvalue weighted by Crippen LogP contribution is 2.52. The number of esters is 2. The Labute approximate surface area is 132 Å². The summed E-state index contributed by atoms with van der Waals surface area (Å²) < 4.78 is 9.73. The number of rotatable bonds is 2. The molecule has 0 aliphatic heterocycles. The van der Waals surface area contributed by atoms with Crippen LogP contribution in [0.3, 0.4) is 0 Å². The summed E-state index contributed by atoms with van der Waals surface area (Å²) in [6.45, 7) is 0. The molecule has 0 bridgehead atoms. The number of hydrogen-bond acceptors (Lipinski definition) is 6. The summed E-state index contributed by atoms with van der Waals surface area (Å²) in [6, 6.07) is 1.84. The molecule has 1 aromatic rings. The number of fused-ring (bicyclic) bond motifs is 3. The summed E-state index contributed by atoms with van der Waals surface area (Å²) in [5.74, 6) is -1.37. The minimum Gasteiger partial charge on any atom is -0.468 e. The minimum absolute atomic E-state index is 0.0420. The summed E-state index contributed by atoms with van der Waals surface area (Å²) >= 11 is 1.59. The molecule has 2 atom stereocenters. The Morgan fingerprint density at radius 2 is 1.91 bits per heavy atom. The molecule has 1 saturated carbocycles. The standard InChI is InChI=1S/C16H18O5S/c1-20-14(18)16(15(19)21-2)6-3-4-9-11(8-16)12(17)10-5-7-22-13(9)10/h5,7,9,11H,3-4,6,8H2,1-2H3/t9-,11+/m0/s1. The predicted molar refractivity (Wildman–Crippen MR) is 79.8 cm³/mol. The van der Waals surface area contributed by atoms with Crippen molar-refractivity contribution in [3.8, 4) is 0 Å². The molecule has 2 aliphatic rings. The van der Waals surface area contributed by atoms with Crippen LogP contribution in [0, 0.1) is 11.3 Å². The van der Waals surface area contributed by atoms with E-state index in [9.17, 15) is 14.4 Å². The van der Waals surface area contributed by atoms with Crippen molar-refractivity contribution in [3.63, 3.8) is 0 Å². The Hall–Kier alpha value is -1.69.